The zero-order valence-electron chi connectivity index (χ0n) is 17.3. The lowest BCUT2D eigenvalue weighted by molar-refractivity contribution is -0.203. The van der Waals surface area contributed by atoms with Crippen LogP contribution in [0.1, 0.15) is 57.1 Å². The van der Waals surface area contributed by atoms with Gasteiger partial charge in [0.05, 0.1) is 13.2 Å². The van der Waals surface area contributed by atoms with Crippen LogP contribution in [-0.4, -0.2) is 19.5 Å². The summed E-state index contributed by atoms with van der Waals surface area (Å²) in [6.07, 6.45) is 7.18. The van der Waals surface area contributed by atoms with Gasteiger partial charge >= 0.3 is 0 Å². The molecular formula is C25H33FO2. The highest BCUT2D eigenvalue weighted by molar-refractivity contribution is 5.64. The van der Waals surface area contributed by atoms with Crippen LogP contribution < -0.4 is 0 Å². The van der Waals surface area contributed by atoms with Crippen LogP contribution >= 0.6 is 0 Å². The average molecular weight is 385 g/mol. The zero-order valence-corrected chi connectivity index (χ0v) is 17.3. The molecule has 2 nitrogen and oxygen atoms in total. The molecule has 0 N–H and O–H groups in total. The Morgan fingerprint density at radius 3 is 2.21 bits per heavy atom. The Kier molecular flexibility index (Phi) is 8.05. The third-order valence-electron chi connectivity index (χ3n) is 5.52. The van der Waals surface area contributed by atoms with Crippen molar-refractivity contribution in [3.05, 3.63) is 59.4 Å². The number of rotatable bonds is 9. The van der Waals surface area contributed by atoms with E-state index in [9.17, 15) is 4.39 Å². The predicted molar refractivity (Wildman–Crippen MR) is 113 cm³/mol. The summed E-state index contributed by atoms with van der Waals surface area (Å²) in [7, 11) is 0. The highest BCUT2D eigenvalue weighted by Crippen LogP contribution is 2.25. The minimum atomic E-state index is -0.132. The lowest BCUT2D eigenvalue weighted by atomic mass is 9.99. The summed E-state index contributed by atoms with van der Waals surface area (Å²) in [5, 5.41) is 0. The molecule has 0 aromatic heterocycles. The quantitative estimate of drug-likeness (QED) is 0.487. The second kappa shape index (κ2) is 10.7. The molecule has 152 valence electrons. The third-order valence-corrected chi connectivity index (χ3v) is 5.52. The first kappa shape index (κ1) is 21.0. The molecule has 1 aliphatic heterocycles. The largest absolute Gasteiger partial charge is 0.352 e. The van der Waals surface area contributed by atoms with E-state index in [1.807, 2.05) is 24.3 Å². The summed E-state index contributed by atoms with van der Waals surface area (Å²) in [6, 6.07) is 13.8. The van der Waals surface area contributed by atoms with E-state index in [2.05, 4.69) is 26.0 Å². The van der Waals surface area contributed by atoms with E-state index in [0.717, 1.165) is 56.4 Å². The van der Waals surface area contributed by atoms with Gasteiger partial charge in [-0.1, -0.05) is 63.1 Å². The smallest absolute Gasteiger partial charge is 0.157 e. The van der Waals surface area contributed by atoms with Gasteiger partial charge in [0.1, 0.15) is 5.82 Å². The number of aryl methyl sites for hydroxylation is 2. The summed E-state index contributed by atoms with van der Waals surface area (Å²) in [4.78, 5) is 0. The van der Waals surface area contributed by atoms with Crippen LogP contribution in [0.3, 0.4) is 0 Å². The van der Waals surface area contributed by atoms with E-state index in [1.165, 1.54) is 18.4 Å². The number of hydrogen-bond acceptors (Lipinski definition) is 2. The van der Waals surface area contributed by atoms with Crippen LogP contribution in [0.15, 0.2) is 42.5 Å². The Morgan fingerprint density at radius 1 is 0.857 bits per heavy atom. The van der Waals surface area contributed by atoms with Gasteiger partial charge in [0.25, 0.3) is 0 Å². The van der Waals surface area contributed by atoms with E-state index < -0.39 is 0 Å². The van der Waals surface area contributed by atoms with Crippen LogP contribution in [0.4, 0.5) is 4.39 Å². The Balaban J connectivity index is 1.52. The maximum Gasteiger partial charge on any atom is 0.157 e. The summed E-state index contributed by atoms with van der Waals surface area (Å²) in [6.45, 7) is 5.97. The molecule has 0 aliphatic carbocycles. The molecule has 3 heteroatoms. The maximum atomic E-state index is 14.5. The Morgan fingerprint density at radius 2 is 1.57 bits per heavy atom. The molecule has 0 saturated carbocycles. The minimum absolute atomic E-state index is 0.0964. The Labute approximate surface area is 169 Å². The summed E-state index contributed by atoms with van der Waals surface area (Å²) >= 11 is 0. The molecule has 3 rings (SSSR count). The number of ether oxygens (including phenoxy) is 2. The lowest BCUT2D eigenvalue weighted by Crippen LogP contribution is -2.32. The van der Waals surface area contributed by atoms with E-state index in [0.29, 0.717) is 11.5 Å². The molecule has 0 atom stereocenters. The van der Waals surface area contributed by atoms with Crippen molar-refractivity contribution in [3.63, 3.8) is 0 Å². The SMILES string of the molecule is CCCCc1ccc(-c2ccc(CCC3OCC(CCC)CO3)cc2)c(F)c1. The molecule has 0 bridgehead atoms. The van der Waals surface area contributed by atoms with E-state index in [4.69, 9.17) is 9.47 Å². The van der Waals surface area contributed by atoms with Gasteiger partial charge in [-0.25, -0.2) is 4.39 Å². The molecule has 2 aromatic rings. The van der Waals surface area contributed by atoms with E-state index in [-0.39, 0.29) is 12.1 Å². The highest BCUT2D eigenvalue weighted by atomic mass is 19.1. The molecule has 28 heavy (non-hydrogen) atoms. The lowest BCUT2D eigenvalue weighted by Gasteiger charge is -2.29. The number of benzene rings is 2. The van der Waals surface area contributed by atoms with Gasteiger partial charge in [0.2, 0.25) is 0 Å². The molecule has 1 saturated heterocycles. The van der Waals surface area contributed by atoms with Gasteiger partial charge in [0.15, 0.2) is 6.29 Å². The van der Waals surface area contributed by atoms with Crippen molar-refractivity contribution in [1.29, 1.82) is 0 Å². The number of unbranched alkanes of at least 4 members (excludes halogenated alkanes) is 1. The van der Waals surface area contributed by atoms with Crippen molar-refractivity contribution in [3.8, 4) is 11.1 Å². The summed E-state index contributed by atoms with van der Waals surface area (Å²) in [5.74, 6) is 0.413. The first-order valence-corrected chi connectivity index (χ1v) is 10.8. The third kappa shape index (κ3) is 5.89. The molecule has 1 fully saturated rings. The number of hydrogen-bond donors (Lipinski definition) is 0. The van der Waals surface area contributed by atoms with Gasteiger partial charge in [-0.15, -0.1) is 0 Å². The second-order valence-corrected chi connectivity index (χ2v) is 7.90. The first-order valence-electron chi connectivity index (χ1n) is 10.8. The van der Waals surface area contributed by atoms with Gasteiger partial charge < -0.3 is 9.47 Å². The van der Waals surface area contributed by atoms with Crippen LogP contribution in [0.25, 0.3) is 11.1 Å². The summed E-state index contributed by atoms with van der Waals surface area (Å²) < 4.78 is 26.2. The highest BCUT2D eigenvalue weighted by Gasteiger charge is 2.21. The van der Waals surface area contributed by atoms with Gasteiger partial charge in [0, 0.05) is 17.9 Å². The average Bonchev–Trinajstić information content (AvgIpc) is 2.72. The molecule has 0 spiro atoms. The van der Waals surface area contributed by atoms with Gasteiger partial charge in [-0.2, -0.15) is 0 Å². The van der Waals surface area contributed by atoms with Crippen LogP contribution in [0.2, 0.25) is 0 Å². The fourth-order valence-electron chi connectivity index (χ4n) is 3.79. The van der Waals surface area contributed by atoms with Crippen molar-refractivity contribution in [2.24, 2.45) is 5.92 Å². The molecule has 1 aliphatic rings. The molecule has 2 aromatic carbocycles. The fraction of sp³-hybridized carbons (Fsp3) is 0.520. The Bertz CT molecular complexity index is 718. The molecule has 1 heterocycles. The van der Waals surface area contributed by atoms with Crippen molar-refractivity contribution in [1.82, 2.24) is 0 Å². The molecular weight excluding hydrogens is 351 g/mol. The topological polar surface area (TPSA) is 18.5 Å². The van der Waals surface area contributed by atoms with Crippen LogP contribution in [-0.2, 0) is 22.3 Å². The van der Waals surface area contributed by atoms with E-state index >= 15 is 0 Å². The minimum Gasteiger partial charge on any atom is -0.352 e. The van der Waals surface area contributed by atoms with Crippen LogP contribution in [0.5, 0.6) is 0 Å². The molecule has 0 amide bonds. The van der Waals surface area contributed by atoms with Crippen LogP contribution in [0, 0.1) is 11.7 Å². The Hall–Kier alpha value is -1.71. The zero-order chi connectivity index (χ0) is 19.8. The fourth-order valence-corrected chi connectivity index (χ4v) is 3.79. The maximum absolute atomic E-state index is 14.5. The molecule has 0 unspecified atom stereocenters. The first-order chi connectivity index (χ1) is 13.7. The van der Waals surface area contributed by atoms with Gasteiger partial charge in [-0.3, -0.25) is 0 Å². The molecule has 0 radical (unpaired) electrons. The number of halogens is 1. The predicted octanol–water partition coefficient (Wildman–Crippen LogP) is 6.56. The second-order valence-electron chi connectivity index (χ2n) is 7.90. The van der Waals surface area contributed by atoms with Gasteiger partial charge in [-0.05, 0) is 48.4 Å². The van der Waals surface area contributed by atoms with Crippen molar-refractivity contribution in [2.75, 3.05) is 13.2 Å². The summed E-state index contributed by atoms with van der Waals surface area (Å²) in [5.41, 5.74) is 3.91. The van der Waals surface area contributed by atoms with Crippen molar-refractivity contribution >= 4 is 0 Å². The van der Waals surface area contributed by atoms with Crippen molar-refractivity contribution in [2.45, 2.75) is 65.1 Å². The van der Waals surface area contributed by atoms with Crippen molar-refractivity contribution < 1.29 is 13.9 Å². The van der Waals surface area contributed by atoms with E-state index in [1.54, 1.807) is 6.07 Å². The normalized spacial score (nSPS) is 19.7. The standard InChI is InChI=1S/C25H33FO2/c1-3-5-7-20-10-14-23(24(26)16-20)22-12-8-19(9-13-22)11-15-25-27-17-21(6-4-2)18-28-25/h8-10,12-14,16,21,25H,3-7,11,15,17-18H2,1-2H3. The monoisotopic (exact) mass is 384 g/mol.